The molecule has 9 heteroatoms. The predicted molar refractivity (Wildman–Crippen MR) is 91.2 cm³/mol. The number of carboxylic acid groups (broad SMARTS) is 1. The summed E-state index contributed by atoms with van der Waals surface area (Å²) >= 11 is 0. The highest BCUT2D eigenvalue weighted by Crippen LogP contribution is 2.16. The van der Waals surface area contributed by atoms with Crippen LogP contribution < -0.4 is 16.6 Å². The van der Waals surface area contributed by atoms with Crippen LogP contribution in [0.3, 0.4) is 0 Å². The summed E-state index contributed by atoms with van der Waals surface area (Å²) in [5.74, 6) is -0.124. The van der Waals surface area contributed by atoms with E-state index in [1.807, 2.05) is 0 Å². The number of aromatic nitrogens is 3. The fourth-order valence-electron chi connectivity index (χ4n) is 2.19. The molecule has 130 valence electrons. The Balaban J connectivity index is 0.000000701. The molecule has 0 aliphatic carbocycles. The Kier molecular flexibility index (Phi) is 6.13. The molecule has 0 bridgehead atoms. The molecule has 8 nitrogen and oxygen atoms in total. The second kappa shape index (κ2) is 8.50. The normalized spacial score (nSPS) is 10.0. The summed E-state index contributed by atoms with van der Waals surface area (Å²) < 4.78 is 14.8. The van der Waals surface area contributed by atoms with Gasteiger partial charge in [0.05, 0.1) is 22.8 Å². The SMILES string of the molecule is NCCn1c(Nc2cccnc2)nc2ccc(F)cc2c1=O.O=CO. The fourth-order valence-corrected chi connectivity index (χ4v) is 2.19. The zero-order chi connectivity index (χ0) is 18.2. The van der Waals surface area contributed by atoms with Crippen LogP contribution in [-0.4, -0.2) is 32.7 Å². The van der Waals surface area contributed by atoms with Crippen molar-refractivity contribution in [2.24, 2.45) is 5.73 Å². The van der Waals surface area contributed by atoms with E-state index < -0.39 is 5.82 Å². The van der Waals surface area contributed by atoms with Gasteiger partial charge in [0.2, 0.25) is 5.95 Å². The van der Waals surface area contributed by atoms with Crippen molar-refractivity contribution in [3.05, 3.63) is 58.9 Å². The Hall–Kier alpha value is -3.33. The molecule has 25 heavy (non-hydrogen) atoms. The molecule has 0 radical (unpaired) electrons. The number of nitrogens with one attached hydrogen (secondary N) is 1. The lowest BCUT2D eigenvalue weighted by atomic mass is 10.2. The van der Waals surface area contributed by atoms with Gasteiger partial charge in [0, 0.05) is 19.3 Å². The lowest BCUT2D eigenvalue weighted by molar-refractivity contribution is -0.122. The van der Waals surface area contributed by atoms with E-state index in [9.17, 15) is 9.18 Å². The van der Waals surface area contributed by atoms with Gasteiger partial charge < -0.3 is 16.2 Å². The van der Waals surface area contributed by atoms with E-state index in [2.05, 4.69) is 15.3 Å². The van der Waals surface area contributed by atoms with Crippen LogP contribution in [0.15, 0.2) is 47.5 Å². The van der Waals surface area contributed by atoms with Crippen LogP contribution in [0.4, 0.5) is 16.0 Å². The minimum Gasteiger partial charge on any atom is -0.483 e. The molecule has 0 unspecified atom stereocenters. The summed E-state index contributed by atoms with van der Waals surface area (Å²) in [5, 5.41) is 10.2. The molecule has 0 amide bonds. The number of halogens is 1. The fraction of sp³-hybridized carbons (Fsp3) is 0.125. The highest BCUT2D eigenvalue weighted by Gasteiger charge is 2.11. The van der Waals surface area contributed by atoms with Gasteiger partial charge in [0.1, 0.15) is 5.82 Å². The van der Waals surface area contributed by atoms with Crippen molar-refractivity contribution in [2.75, 3.05) is 11.9 Å². The first-order chi connectivity index (χ1) is 12.1. The Morgan fingerprint density at radius 1 is 1.36 bits per heavy atom. The van der Waals surface area contributed by atoms with Gasteiger partial charge >= 0.3 is 0 Å². The summed E-state index contributed by atoms with van der Waals surface area (Å²) in [6.45, 7) is 0.297. The number of fused-ring (bicyclic) bond motifs is 1. The number of pyridine rings is 1. The predicted octanol–water partition coefficient (Wildman–Crippen LogP) is 1.33. The maximum atomic E-state index is 13.4. The standard InChI is InChI=1S/C15H14FN5O.CH2O2/c16-10-3-4-13-12(8-10)14(22)21(7-5-17)15(20-13)19-11-2-1-6-18-9-11;2-1-3/h1-4,6,8-9H,5,7,17H2,(H,19,20);1H,(H,2,3). The van der Waals surface area contributed by atoms with Crippen LogP contribution in [0, 0.1) is 5.82 Å². The Morgan fingerprint density at radius 2 is 2.12 bits per heavy atom. The Bertz CT molecular complexity index is 915. The maximum absolute atomic E-state index is 13.4. The monoisotopic (exact) mass is 345 g/mol. The number of carbonyl (C=O) groups is 1. The van der Waals surface area contributed by atoms with Gasteiger partial charge in [0.25, 0.3) is 12.0 Å². The summed E-state index contributed by atoms with van der Waals surface area (Å²) in [4.78, 5) is 29.3. The average Bonchev–Trinajstić information content (AvgIpc) is 2.61. The second-order valence-corrected chi connectivity index (χ2v) is 4.81. The third-order valence-electron chi connectivity index (χ3n) is 3.19. The molecule has 0 fully saturated rings. The highest BCUT2D eigenvalue weighted by atomic mass is 19.1. The third-order valence-corrected chi connectivity index (χ3v) is 3.19. The first-order valence-electron chi connectivity index (χ1n) is 7.25. The van der Waals surface area contributed by atoms with Crippen LogP contribution in [0.1, 0.15) is 0 Å². The molecule has 2 aromatic heterocycles. The van der Waals surface area contributed by atoms with Crippen molar-refractivity contribution in [3.8, 4) is 0 Å². The first-order valence-corrected chi connectivity index (χ1v) is 7.25. The minimum absolute atomic E-state index is 0.227. The van der Waals surface area contributed by atoms with E-state index in [1.165, 1.54) is 22.8 Å². The molecule has 3 rings (SSSR count). The van der Waals surface area contributed by atoms with Crippen LogP contribution in [-0.2, 0) is 11.3 Å². The number of rotatable bonds is 4. The van der Waals surface area contributed by atoms with E-state index >= 15 is 0 Å². The smallest absolute Gasteiger partial charge is 0.290 e. The zero-order valence-corrected chi connectivity index (χ0v) is 13.1. The van der Waals surface area contributed by atoms with Crippen LogP contribution in [0.25, 0.3) is 10.9 Å². The molecule has 2 heterocycles. The number of nitrogens with zero attached hydrogens (tertiary/aromatic N) is 3. The quantitative estimate of drug-likeness (QED) is 0.610. The largest absolute Gasteiger partial charge is 0.483 e. The Labute approximate surface area is 141 Å². The number of anilines is 2. The molecule has 0 atom stereocenters. The van der Waals surface area contributed by atoms with Crippen LogP contribution in [0.5, 0.6) is 0 Å². The van der Waals surface area contributed by atoms with Gasteiger partial charge in [-0.3, -0.25) is 19.1 Å². The maximum Gasteiger partial charge on any atom is 0.290 e. The van der Waals surface area contributed by atoms with Crippen molar-refractivity contribution in [1.82, 2.24) is 14.5 Å². The summed E-state index contributed by atoms with van der Waals surface area (Å²) in [5.41, 5.74) is 6.35. The Morgan fingerprint density at radius 3 is 2.76 bits per heavy atom. The lowest BCUT2D eigenvalue weighted by Crippen LogP contribution is -2.27. The van der Waals surface area contributed by atoms with Crippen molar-refractivity contribution < 1.29 is 14.3 Å². The average molecular weight is 345 g/mol. The molecule has 4 N–H and O–H groups in total. The van der Waals surface area contributed by atoms with Crippen molar-refractivity contribution in [1.29, 1.82) is 0 Å². The van der Waals surface area contributed by atoms with E-state index in [4.69, 9.17) is 15.6 Å². The van der Waals surface area contributed by atoms with Crippen LogP contribution in [0.2, 0.25) is 0 Å². The molecule has 0 aliphatic heterocycles. The third kappa shape index (κ3) is 4.36. The molecule has 0 aliphatic rings. The van der Waals surface area contributed by atoms with Crippen LogP contribution >= 0.6 is 0 Å². The lowest BCUT2D eigenvalue weighted by Gasteiger charge is -2.14. The number of nitrogens with two attached hydrogens (primary N) is 1. The van der Waals surface area contributed by atoms with Crippen molar-refractivity contribution >= 4 is 29.0 Å². The highest BCUT2D eigenvalue weighted by molar-refractivity contribution is 5.79. The summed E-state index contributed by atoms with van der Waals surface area (Å²) in [7, 11) is 0. The molecule has 1 aromatic carbocycles. The second-order valence-electron chi connectivity index (χ2n) is 4.81. The van der Waals surface area contributed by atoms with E-state index in [0.29, 0.717) is 17.2 Å². The van der Waals surface area contributed by atoms with E-state index in [1.54, 1.807) is 24.5 Å². The first kappa shape index (κ1) is 18.0. The van der Waals surface area contributed by atoms with Gasteiger partial charge in [-0.25, -0.2) is 9.37 Å². The zero-order valence-electron chi connectivity index (χ0n) is 13.1. The molecule has 3 aromatic rings. The van der Waals surface area contributed by atoms with Gasteiger partial charge in [-0.15, -0.1) is 0 Å². The summed E-state index contributed by atoms with van der Waals surface area (Å²) in [6.07, 6.45) is 3.27. The molecule has 0 saturated heterocycles. The summed E-state index contributed by atoms with van der Waals surface area (Å²) in [6, 6.07) is 7.51. The number of benzene rings is 1. The number of hydrogen-bond acceptors (Lipinski definition) is 6. The topological polar surface area (TPSA) is 123 Å². The molecular weight excluding hydrogens is 329 g/mol. The molecule has 0 spiro atoms. The van der Waals surface area contributed by atoms with E-state index in [-0.39, 0.29) is 30.5 Å². The van der Waals surface area contributed by atoms with Gasteiger partial charge in [0.15, 0.2) is 0 Å². The number of hydrogen-bond donors (Lipinski definition) is 3. The van der Waals surface area contributed by atoms with E-state index in [0.717, 1.165) is 0 Å². The van der Waals surface area contributed by atoms with Gasteiger partial charge in [-0.2, -0.15) is 0 Å². The minimum atomic E-state index is -0.473. The molecular formula is C16H16FN5O3. The molecule has 0 saturated carbocycles. The van der Waals surface area contributed by atoms with Gasteiger partial charge in [-0.05, 0) is 30.3 Å². The van der Waals surface area contributed by atoms with Crippen molar-refractivity contribution in [3.63, 3.8) is 0 Å². The van der Waals surface area contributed by atoms with Gasteiger partial charge in [-0.1, -0.05) is 0 Å². The van der Waals surface area contributed by atoms with Crippen molar-refractivity contribution in [2.45, 2.75) is 6.54 Å².